The molecule has 0 aromatic heterocycles. The van der Waals surface area contributed by atoms with Crippen molar-refractivity contribution in [3.63, 3.8) is 0 Å². The van der Waals surface area contributed by atoms with Gasteiger partial charge in [0.05, 0.1) is 22.0 Å². The number of alkyl halides is 3. The van der Waals surface area contributed by atoms with Crippen LogP contribution in [0.25, 0.3) is 0 Å². The van der Waals surface area contributed by atoms with Crippen LogP contribution in [0.15, 0.2) is 30.3 Å². The molecule has 8 heteroatoms. The summed E-state index contributed by atoms with van der Waals surface area (Å²) in [6, 6.07) is 6.96. The molecule has 0 radical (unpaired) electrons. The molecule has 0 unspecified atom stereocenters. The van der Waals surface area contributed by atoms with E-state index in [1.807, 2.05) is 0 Å². The molecule has 0 heterocycles. The number of phenols is 1. The molecule has 3 nitrogen and oxygen atoms in total. The Kier molecular flexibility index (Phi) is 9.03. The maximum absolute atomic E-state index is 12.9. The summed E-state index contributed by atoms with van der Waals surface area (Å²) in [4.78, 5) is 12.2. The van der Waals surface area contributed by atoms with Crippen LogP contribution in [-0.2, 0) is 28.2 Å². The fourth-order valence-electron chi connectivity index (χ4n) is 3.51. The highest BCUT2D eigenvalue weighted by Crippen LogP contribution is 2.40. The van der Waals surface area contributed by atoms with E-state index in [4.69, 9.17) is 11.6 Å². The number of phenolic OH excluding ortho intramolecular Hbond substituents is 1. The molecule has 0 fully saturated rings. The van der Waals surface area contributed by atoms with Gasteiger partial charge >= 0.3 is 6.18 Å². The average Bonchev–Trinajstić information content (AvgIpc) is 2.67. The minimum atomic E-state index is -4.51. The van der Waals surface area contributed by atoms with Crippen LogP contribution in [0.4, 0.5) is 18.9 Å². The van der Waals surface area contributed by atoms with E-state index >= 15 is 0 Å². The molecule has 0 atom stereocenters. The first kappa shape index (κ1) is 28.4. The molecule has 188 valence electrons. The Bertz CT molecular complexity index is 989. The smallest absolute Gasteiger partial charge is 0.416 e. The fourth-order valence-corrected chi connectivity index (χ4v) is 4.42. The lowest BCUT2D eigenvalue weighted by Gasteiger charge is -2.28. The van der Waals surface area contributed by atoms with Gasteiger partial charge < -0.3 is 10.4 Å². The Balaban J connectivity index is 1.95. The molecule has 0 spiro atoms. The normalized spacial score (nSPS) is 12.6. The molecule has 2 N–H and O–H groups in total. The van der Waals surface area contributed by atoms with Gasteiger partial charge in [-0.1, -0.05) is 65.3 Å². The summed E-state index contributed by atoms with van der Waals surface area (Å²) in [5, 5.41) is 13.4. The lowest BCUT2D eigenvalue weighted by molar-refractivity contribution is -0.137. The van der Waals surface area contributed by atoms with Crippen molar-refractivity contribution in [1.82, 2.24) is 0 Å². The lowest BCUT2D eigenvalue weighted by atomic mass is 9.78. The number of aromatic hydroxyl groups is 1. The molecular weight excluding hydrogens is 483 g/mol. The number of benzene rings is 2. The second kappa shape index (κ2) is 10.8. The van der Waals surface area contributed by atoms with Crippen molar-refractivity contribution >= 4 is 35.0 Å². The van der Waals surface area contributed by atoms with Crippen LogP contribution < -0.4 is 5.32 Å². The van der Waals surface area contributed by atoms with Gasteiger partial charge in [0.1, 0.15) is 5.75 Å². The number of hydrogen-bond acceptors (Lipinski definition) is 3. The van der Waals surface area contributed by atoms with E-state index in [0.29, 0.717) is 11.5 Å². The first-order chi connectivity index (χ1) is 15.5. The van der Waals surface area contributed by atoms with Gasteiger partial charge in [-0.05, 0) is 64.3 Å². The van der Waals surface area contributed by atoms with E-state index in [0.717, 1.165) is 47.7 Å². The topological polar surface area (TPSA) is 49.3 Å². The van der Waals surface area contributed by atoms with Gasteiger partial charge in [-0.2, -0.15) is 24.9 Å². The van der Waals surface area contributed by atoms with Crippen molar-refractivity contribution in [3.8, 4) is 5.75 Å². The second-order valence-corrected chi connectivity index (χ2v) is 11.9. The van der Waals surface area contributed by atoms with Gasteiger partial charge in [-0.25, -0.2) is 0 Å². The highest BCUT2D eigenvalue weighted by atomic mass is 35.5. The Morgan fingerprint density at radius 3 is 2.06 bits per heavy atom. The third-order valence-corrected chi connectivity index (χ3v) is 6.71. The van der Waals surface area contributed by atoms with Gasteiger partial charge in [0.15, 0.2) is 0 Å². The van der Waals surface area contributed by atoms with Crippen LogP contribution in [0.5, 0.6) is 5.75 Å². The van der Waals surface area contributed by atoms with E-state index in [1.54, 1.807) is 0 Å². The third kappa shape index (κ3) is 7.84. The first-order valence-electron chi connectivity index (χ1n) is 11.1. The van der Waals surface area contributed by atoms with Crippen LogP contribution in [-0.4, -0.2) is 22.5 Å². The SMILES string of the molecule is CC(C)(C)c1cc(CCCSCC(=O)Nc2cc(C(F)(F)F)ccc2Cl)cc(C(C)(C)C)c1O. The number of amides is 1. The molecule has 0 bridgehead atoms. The maximum Gasteiger partial charge on any atom is 0.416 e. The monoisotopic (exact) mass is 515 g/mol. The molecule has 1 amide bonds. The van der Waals surface area contributed by atoms with Crippen LogP contribution in [0.1, 0.15) is 70.2 Å². The van der Waals surface area contributed by atoms with Crippen molar-refractivity contribution in [2.24, 2.45) is 0 Å². The maximum atomic E-state index is 12.9. The quantitative estimate of drug-likeness (QED) is 0.368. The lowest BCUT2D eigenvalue weighted by Crippen LogP contribution is -2.18. The second-order valence-electron chi connectivity index (χ2n) is 10.4. The predicted octanol–water partition coefficient (Wildman–Crippen LogP) is 7.96. The van der Waals surface area contributed by atoms with Gasteiger partial charge in [-0.15, -0.1) is 0 Å². The number of anilines is 1. The predicted molar refractivity (Wildman–Crippen MR) is 136 cm³/mol. The van der Waals surface area contributed by atoms with E-state index in [-0.39, 0.29) is 27.3 Å². The Labute approximate surface area is 209 Å². The van der Waals surface area contributed by atoms with E-state index in [2.05, 4.69) is 59.0 Å². The largest absolute Gasteiger partial charge is 0.507 e. The molecule has 2 aromatic carbocycles. The van der Waals surface area contributed by atoms with E-state index < -0.39 is 17.6 Å². The van der Waals surface area contributed by atoms with Crippen molar-refractivity contribution in [2.45, 2.75) is 71.4 Å². The van der Waals surface area contributed by atoms with Crippen molar-refractivity contribution < 1.29 is 23.1 Å². The molecule has 2 aromatic rings. The zero-order chi connectivity index (χ0) is 25.9. The zero-order valence-corrected chi connectivity index (χ0v) is 22.1. The number of hydrogen-bond donors (Lipinski definition) is 2. The highest BCUT2D eigenvalue weighted by Gasteiger charge is 2.31. The Morgan fingerprint density at radius 2 is 1.56 bits per heavy atom. The highest BCUT2D eigenvalue weighted by molar-refractivity contribution is 7.99. The molecule has 0 saturated heterocycles. The fraction of sp³-hybridized carbons (Fsp3) is 0.500. The number of rotatable bonds is 7. The Morgan fingerprint density at radius 1 is 1.00 bits per heavy atom. The summed E-state index contributed by atoms with van der Waals surface area (Å²) in [5.41, 5.74) is 1.66. The number of nitrogens with one attached hydrogen (secondary N) is 1. The van der Waals surface area contributed by atoms with Crippen LogP contribution in [0.2, 0.25) is 5.02 Å². The molecule has 0 aliphatic rings. The molecule has 0 aliphatic heterocycles. The van der Waals surface area contributed by atoms with Gasteiger partial charge in [0.25, 0.3) is 0 Å². The summed E-state index contributed by atoms with van der Waals surface area (Å²) in [5.74, 6) is 0.770. The van der Waals surface area contributed by atoms with E-state index in [9.17, 15) is 23.1 Å². The number of aryl methyl sites for hydroxylation is 1. The summed E-state index contributed by atoms with van der Waals surface area (Å²) in [6.45, 7) is 12.4. The van der Waals surface area contributed by atoms with Crippen LogP contribution in [0.3, 0.4) is 0 Å². The van der Waals surface area contributed by atoms with Gasteiger partial charge in [0, 0.05) is 0 Å². The minimum Gasteiger partial charge on any atom is -0.507 e. The summed E-state index contributed by atoms with van der Waals surface area (Å²) >= 11 is 7.35. The average molecular weight is 516 g/mol. The van der Waals surface area contributed by atoms with Crippen LogP contribution >= 0.6 is 23.4 Å². The number of thioether (sulfide) groups is 1. The summed E-state index contributed by atoms with van der Waals surface area (Å²) in [7, 11) is 0. The standard InChI is InChI=1S/C26H33ClF3NO2S/c1-24(2,3)18-12-16(13-19(23(18)33)25(4,5)6)8-7-11-34-15-22(32)31-21-14-17(26(28,29)30)9-10-20(21)27/h9-10,12-14,33H,7-8,11,15H2,1-6H3,(H,31,32). The van der Waals surface area contributed by atoms with Crippen molar-refractivity contribution in [3.05, 3.63) is 57.6 Å². The van der Waals surface area contributed by atoms with Crippen LogP contribution in [0, 0.1) is 0 Å². The molecule has 34 heavy (non-hydrogen) atoms. The first-order valence-corrected chi connectivity index (χ1v) is 12.6. The number of carbonyl (C=O) groups excluding carboxylic acids is 1. The van der Waals surface area contributed by atoms with Gasteiger partial charge in [0.2, 0.25) is 5.91 Å². The summed E-state index contributed by atoms with van der Waals surface area (Å²) in [6.07, 6.45) is -2.90. The molecule has 0 aliphatic carbocycles. The van der Waals surface area contributed by atoms with Crippen molar-refractivity contribution in [2.75, 3.05) is 16.8 Å². The number of carbonyl (C=O) groups is 1. The zero-order valence-electron chi connectivity index (χ0n) is 20.5. The molecule has 2 rings (SSSR count). The minimum absolute atomic E-state index is 0.0457. The summed E-state index contributed by atoms with van der Waals surface area (Å²) < 4.78 is 38.7. The third-order valence-electron chi connectivity index (χ3n) is 5.34. The van der Waals surface area contributed by atoms with E-state index in [1.165, 1.54) is 11.8 Å². The molecular formula is C26H33ClF3NO2S. The number of halogens is 4. The van der Waals surface area contributed by atoms with Gasteiger partial charge in [-0.3, -0.25) is 4.79 Å². The Hall–Kier alpha value is -1.86. The van der Waals surface area contributed by atoms with Crippen molar-refractivity contribution in [1.29, 1.82) is 0 Å². The molecule has 0 saturated carbocycles.